The highest BCUT2D eigenvalue weighted by atomic mass is 19.1. The van der Waals surface area contributed by atoms with Crippen molar-refractivity contribution in [2.24, 2.45) is 0 Å². The van der Waals surface area contributed by atoms with Crippen LogP contribution in [0.15, 0.2) is 36.4 Å². The summed E-state index contributed by atoms with van der Waals surface area (Å²) in [6.45, 7) is 1.38. The Labute approximate surface area is 120 Å². The second-order valence-electron chi connectivity index (χ2n) is 4.90. The molecule has 0 bridgehead atoms. The molecule has 0 fully saturated rings. The molecule has 2 aromatic rings. The van der Waals surface area contributed by atoms with E-state index in [9.17, 15) is 14.5 Å². The van der Waals surface area contributed by atoms with Crippen LogP contribution in [0.4, 0.5) is 21.5 Å². The van der Waals surface area contributed by atoms with Gasteiger partial charge in [-0.25, -0.2) is 4.39 Å². The van der Waals surface area contributed by atoms with Gasteiger partial charge in [-0.05, 0) is 23.6 Å². The number of para-hydroxylation sites is 1. The van der Waals surface area contributed by atoms with E-state index in [0.717, 1.165) is 30.3 Å². The Balaban J connectivity index is 1.77. The number of nitrogens with zero attached hydrogens (tertiary/aromatic N) is 1. The van der Waals surface area contributed by atoms with Gasteiger partial charge < -0.3 is 10.6 Å². The molecule has 0 aliphatic carbocycles. The Kier molecular flexibility index (Phi) is 3.43. The number of halogens is 1. The number of hydrogen-bond acceptors (Lipinski definition) is 4. The molecular formula is C15H14FN3O2. The van der Waals surface area contributed by atoms with Crippen LogP contribution in [-0.4, -0.2) is 11.5 Å². The van der Waals surface area contributed by atoms with E-state index >= 15 is 0 Å². The van der Waals surface area contributed by atoms with Crippen LogP contribution in [-0.2, 0) is 13.0 Å². The molecule has 0 atom stereocenters. The van der Waals surface area contributed by atoms with Gasteiger partial charge in [0, 0.05) is 24.8 Å². The Hall–Kier alpha value is -2.63. The summed E-state index contributed by atoms with van der Waals surface area (Å²) in [6, 6.07) is 9.65. The number of fused-ring (bicyclic) bond motifs is 1. The predicted octanol–water partition coefficient (Wildman–Crippen LogP) is 3.31. The zero-order valence-electron chi connectivity index (χ0n) is 11.2. The summed E-state index contributed by atoms with van der Waals surface area (Å²) in [6.07, 6.45) is 0.995. The van der Waals surface area contributed by atoms with Crippen LogP contribution in [0.25, 0.3) is 0 Å². The molecule has 0 spiro atoms. The minimum Gasteiger partial charge on any atom is -0.384 e. The van der Waals surface area contributed by atoms with Crippen molar-refractivity contribution in [2.75, 3.05) is 17.2 Å². The van der Waals surface area contributed by atoms with Gasteiger partial charge in [-0.1, -0.05) is 18.2 Å². The molecule has 0 radical (unpaired) electrons. The van der Waals surface area contributed by atoms with E-state index in [1.54, 1.807) is 0 Å². The first-order valence-corrected chi connectivity index (χ1v) is 6.67. The first-order chi connectivity index (χ1) is 10.1. The molecule has 2 N–H and O–H groups in total. The van der Waals surface area contributed by atoms with Crippen molar-refractivity contribution in [3.05, 3.63) is 63.5 Å². The van der Waals surface area contributed by atoms with Crippen molar-refractivity contribution < 1.29 is 9.31 Å². The Morgan fingerprint density at radius 1 is 1.33 bits per heavy atom. The van der Waals surface area contributed by atoms with Crippen LogP contribution in [0.2, 0.25) is 0 Å². The molecule has 1 aliphatic rings. The third-order valence-corrected chi connectivity index (χ3v) is 3.57. The third kappa shape index (κ3) is 2.65. The number of non-ortho nitro benzene ring substituents is 1. The molecular weight excluding hydrogens is 273 g/mol. The fraction of sp³-hybridized carbons (Fsp3) is 0.200. The zero-order valence-corrected chi connectivity index (χ0v) is 11.2. The average Bonchev–Trinajstić information content (AvgIpc) is 2.94. The van der Waals surface area contributed by atoms with Gasteiger partial charge in [-0.2, -0.15) is 0 Å². The molecule has 1 heterocycles. The Morgan fingerprint density at radius 2 is 2.19 bits per heavy atom. The molecule has 108 valence electrons. The molecule has 1 aliphatic heterocycles. The molecule has 3 rings (SSSR count). The molecule has 0 amide bonds. The average molecular weight is 287 g/mol. The zero-order chi connectivity index (χ0) is 14.8. The van der Waals surface area contributed by atoms with Gasteiger partial charge in [0.15, 0.2) is 5.82 Å². The number of benzene rings is 2. The second kappa shape index (κ2) is 5.40. The lowest BCUT2D eigenvalue weighted by Crippen LogP contribution is -2.04. The lowest BCUT2D eigenvalue weighted by molar-refractivity contribution is -0.385. The van der Waals surface area contributed by atoms with E-state index < -0.39 is 10.7 Å². The summed E-state index contributed by atoms with van der Waals surface area (Å²) in [4.78, 5) is 9.97. The number of nitro groups is 1. The van der Waals surface area contributed by atoms with Gasteiger partial charge in [-0.15, -0.1) is 0 Å². The number of rotatable bonds is 4. The van der Waals surface area contributed by atoms with E-state index in [1.807, 2.05) is 12.1 Å². The number of anilines is 2. The smallest absolute Gasteiger partial charge is 0.272 e. The van der Waals surface area contributed by atoms with E-state index in [-0.39, 0.29) is 11.4 Å². The highest BCUT2D eigenvalue weighted by Gasteiger charge is 2.14. The van der Waals surface area contributed by atoms with E-state index in [0.29, 0.717) is 6.54 Å². The maximum Gasteiger partial charge on any atom is 0.272 e. The minimum atomic E-state index is -0.621. The molecule has 5 nitrogen and oxygen atoms in total. The van der Waals surface area contributed by atoms with Crippen molar-refractivity contribution in [3.63, 3.8) is 0 Å². The molecule has 0 saturated heterocycles. The first-order valence-electron chi connectivity index (χ1n) is 6.67. The standard InChI is InChI=1S/C15H14FN3O2/c16-13-8-12(19(20)21)4-5-14(13)18-9-11-3-1-2-10-6-7-17-15(10)11/h1-5,8,17-18H,6-7,9H2. The normalized spacial score (nSPS) is 12.6. The number of nitro benzene ring substituents is 1. The van der Waals surface area contributed by atoms with Crippen LogP contribution in [0.5, 0.6) is 0 Å². The van der Waals surface area contributed by atoms with Gasteiger partial charge in [0.1, 0.15) is 0 Å². The van der Waals surface area contributed by atoms with Crippen molar-refractivity contribution in [3.8, 4) is 0 Å². The molecule has 0 unspecified atom stereocenters. The van der Waals surface area contributed by atoms with Crippen LogP contribution in [0.1, 0.15) is 11.1 Å². The monoisotopic (exact) mass is 287 g/mol. The number of hydrogen-bond donors (Lipinski definition) is 2. The van der Waals surface area contributed by atoms with Crippen molar-refractivity contribution in [1.82, 2.24) is 0 Å². The molecule has 0 aromatic heterocycles. The van der Waals surface area contributed by atoms with Gasteiger partial charge in [0.25, 0.3) is 5.69 Å². The summed E-state index contributed by atoms with van der Waals surface area (Å²) in [5.41, 5.74) is 3.44. The summed E-state index contributed by atoms with van der Waals surface area (Å²) < 4.78 is 13.8. The van der Waals surface area contributed by atoms with Gasteiger partial charge in [0.05, 0.1) is 16.7 Å². The van der Waals surface area contributed by atoms with Crippen molar-refractivity contribution in [1.29, 1.82) is 0 Å². The SMILES string of the molecule is O=[N+]([O-])c1ccc(NCc2cccc3c2NCC3)c(F)c1. The lowest BCUT2D eigenvalue weighted by Gasteiger charge is -2.11. The second-order valence-corrected chi connectivity index (χ2v) is 4.90. The van der Waals surface area contributed by atoms with Crippen molar-refractivity contribution >= 4 is 17.1 Å². The highest BCUT2D eigenvalue weighted by Crippen LogP contribution is 2.27. The molecule has 6 heteroatoms. The van der Waals surface area contributed by atoms with Crippen LogP contribution in [0, 0.1) is 15.9 Å². The fourth-order valence-electron chi connectivity index (χ4n) is 2.51. The number of nitrogens with one attached hydrogen (secondary N) is 2. The third-order valence-electron chi connectivity index (χ3n) is 3.57. The summed E-state index contributed by atoms with van der Waals surface area (Å²) in [5, 5.41) is 16.9. The van der Waals surface area contributed by atoms with E-state index in [4.69, 9.17) is 0 Å². The molecule has 2 aromatic carbocycles. The Morgan fingerprint density at radius 3 is 2.95 bits per heavy atom. The van der Waals surface area contributed by atoms with Gasteiger partial charge in [-0.3, -0.25) is 10.1 Å². The van der Waals surface area contributed by atoms with Crippen molar-refractivity contribution in [2.45, 2.75) is 13.0 Å². The quantitative estimate of drug-likeness (QED) is 0.668. The van der Waals surface area contributed by atoms with Crippen LogP contribution in [0.3, 0.4) is 0 Å². The predicted molar refractivity (Wildman–Crippen MR) is 79.0 cm³/mol. The van der Waals surface area contributed by atoms with Gasteiger partial charge in [0.2, 0.25) is 0 Å². The molecule has 0 saturated carbocycles. The lowest BCUT2D eigenvalue weighted by atomic mass is 10.1. The fourth-order valence-corrected chi connectivity index (χ4v) is 2.51. The maximum atomic E-state index is 13.8. The first kappa shape index (κ1) is 13.4. The largest absolute Gasteiger partial charge is 0.384 e. The van der Waals surface area contributed by atoms with Gasteiger partial charge >= 0.3 is 0 Å². The van der Waals surface area contributed by atoms with Crippen LogP contribution >= 0.6 is 0 Å². The minimum absolute atomic E-state index is 0.250. The summed E-state index contributed by atoms with van der Waals surface area (Å²) in [5.74, 6) is -0.621. The Bertz CT molecular complexity index is 703. The van der Waals surface area contributed by atoms with E-state index in [2.05, 4.69) is 16.7 Å². The maximum absolute atomic E-state index is 13.8. The highest BCUT2D eigenvalue weighted by molar-refractivity contribution is 5.62. The summed E-state index contributed by atoms with van der Waals surface area (Å²) >= 11 is 0. The molecule has 21 heavy (non-hydrogen) atoms. The van der Waals surface area contributed by atoms with E-state index in [1.165, 1.54) is 17.7 Å². The van der Waals surface area contributed by atoms with Crippen LogP contribution < -0.4 is 10.6 Å². The topological polar surface area (TPSA) is 67.2 Å². The summed E-state index contributed by atoms with van der Waals surface area (Å²) in [7, 11) is 0.